The van der Waals surface area contributed by atoms with Crippen LogP contribution < -0.4 is 0 Å². The second-order valence-corrected chi connectivity index (χ2v) is 10.9. The number of piperidine rings is 1. The van der Waals surface area contributed by atoms with Gasteiger partial charge >= 0.3 is 6.09 Å². The Morgan fingerprint density at radius 2 is 2.03 bits per heavy atom. The lowest BCUT2D eigenvalue weighted by molar-refractivity contribution is 0.0258. The quantitative estimate of drug-likeness (QED) is 0.732. The summed E-state index contributed by atoms with van der Waals surface area (Å²) in [6, 6.07) is 7.04. The Balaban J connectivity index is 1.78. The third kappa shape index (κ3) is 4.92. The van der Waals surface area contributed by atoms with E-state index in [1.165, 1.54) is 4.90 Å². The van der Waals surface area contributed by atoms with E-state index in [0.29, 0.717) is 30.5 Å². The summed E-state index contributed by atoms with van der Waals surface area (Å²) in [6.45, 7) is 8.72. The highest BCUT2D eigenvalue weighted by molar-refractivity contribution is 7.89. The number of carbonyl (C=O) groups excluding carboxylic acids is 1. The van der Waals surface area contributed by atoms with Crippen LogP contribution in [-0.4, -0.2) is 61.0 Å². The highest BCUT2D eigenvalue weighted by atomic mass is 32.2. The second-order valence-electron chi connectivity index (χ2n) is 9.01. The highest BCUT2D eigenvalue weighted by Crippen LogP contribution is 2.30. The molecule has 1 amide bonds. The van der Waals surface area contributed by atoms with Crippen LogP contribution in [0.3, 0.4) is 0 Å². The van der Waals surface area contributed by atoms with Gasteiger partial charge in [-0.1, -0.05) is 6.07 Å². The number of aryl methyl sites for hydroxylation is 1. The zero-order valence-electron chi connectivity index (χ0n) is 18.4. The molecule has 1 fully saturated rings. The van der Waals surface area contributed by atoms with Gasteiger partial charge in [0.05, 0.1) is 10.4 Å². The van der Waals surface area contributed by atoms with Gasteiger partial charge in [0, 0.05) is 38.3 Å². The van der Waals surface area contributed by atoms with Gasteiger partial charge in [-0.2, -0.15) is 4.31 Å². The van der Waals surface area contributed by atoms with E-state index in [2.05, 4.69) is 4.98 Å². The minimum absolute atomic E-state index is 0.0564. The fourth-order valence-corrected chi connectivity index (χ4v) is 5.59. The molecule has 0 aliphatic carbocycles. The maximum absolute atomic E-state index is 13.5. The zero-order valence-corrected chi connectivity index (χ0v) is 19.2. The van der Waals surface area contributed by atoms with Crippen LogP contribution in [0.1, 0.15) is 39.2 Å². The lowest BCUT2D eigenvalue weighted by Gasteiger charge is -2.34. The number of hydrogen-bond acceptors (Lipinski definition) is 5. The van der Waals surface area contributed by atoms with Gasteiger partial charge in [-0.25, -0.2) is 13.2 Å². The Bertz CT molecular complexity index is 1030. The molecule has 1 aromatic heterocycles. The molecule has 1 unspecified atom stereocenters. The average Bonchev–Trinajstić information content (AvgIpc) is 2.67. The second kappa shape index (κ2) is 8.51. The van der Waals surface area contributed by atoms with Crippen LogP contribution >= 0.6 is 0 Å². The van der Waals surface area contributed by atoms with Gasteiger partial charge in [-0.3, -0.25) is 4.98 Å². The summed E-state index contributed by atoms with van der Waals surface area (Å²) >= 11 is 0. The molecule has 1 atom stereocenters. The number of aromatic nitrogens is 1. The van der Waals surface area contributed by atoms with E-state index in [-0.39, 0.29) is 10.8 Å². The molecule has 3 rings (SSSR count). The number of carbonyl (C=O) groups is 1. The molecular formula is C22H31N3O4S. The summed E-state index contributed by atoms with van der Waals surface area (Å²) in [5.41, 5.74) is 1.09. The first kappa shape index (κ1) is 22.5. The molecule has 0 N–H and O–H groups in total. The number of sulfonamides is 1. The van der Waals surface area contributed by atoms with Crippen molar-refractivity contribution in [1.29, 1.82) is 0 Å². The minimum Gasteiger partial charge on any atom is -0.444 e. The van der Waals surface area contributed by atoms with E-state index in [1.54, 1.807) is 41.8 Å². The molecule has 164 valence electrons. The number of amides is 1. The van der Waals surface area contributed by atoms with E-state index >= 15 is 0 Å². The summed E-state index contributed by atoms with van der Waals surface area (Å²) in [7, 11) is -1.97. The first-order chi connectivity index (χ1) is 14.0. The SMILES string of the molecule is Cc1ccc(S(=O)(=O)N2CCCC(CN(C)C(=O)OC(C)(C)C)C2)c2cccnc12. The lowest BCUT2D eigenvalue weighted by Crippen LogP contribution is -2.45. The highest BCUT2D eigenvalue weighted by Gasteiger charge is 2.33. The molecule has 1 aliphatic heterocycles. The molecule has 30 heavy (non-hydrogen) atoms. The van der Waals surface area contributed by atoms with E-state index in [4.69, 9.17) is 4.74 Å². The van der Waals surface area contributed by atoms with Gasteiger partial charge in [0.2, 0.25) is 10.0 Å². The molecule has 0 bridgehead atoms. The lowest BCUT2D eigenvalue weighted by atomic mass is 9.99. The van der Waals surface area contributed by atoms with Crippen molar-refractivity contribution in [1.82, 2.24) is 14.2 Å². The van der Waals surface area contributed by atoms with Crippen molar-refractivity contribution in [2.45, 2.75) is 51.0 Å². The van der Waals surface area contributed by atoms with Crippen molar-refractivity contribution in [2.24, 2.45) is 5.92 Å². The predicted octanol–water partition coefficient (Wildman–Crippen LogP) is 3.81. The Hall–Kier alpha value is -2.19. The molecule has 8 heteroatoms. The van der Waals surface area contributed by atoms with Crippen LogP contribution in [0.2, 0.25) is 0 Å². The third-order valence-corrected chi connectivity index (χ3v) is 7.19. The smallest absolute Gasteiger partial charge is 0.410 e. The monoisotopic (exact) mass is 433 g/mol. The van der Waals surface area contributed by atoms with Crippen molar-refractivity contribution in [3.8, 4) is 0 Å². The average molecular weight is 434 g/mol. The molecule has 1 aromatic carbocycles. The molecule has 2 aromatic rings. The summed E-state index contributed by atoms with van der Waals surface area (Å²) in [6.07, 6.45) is 2.91. The summed E-state index contributed by atoms with van der Waals surface area (Å²) in [4.78, 5) is 18.5. The number of rotatable bonds is 4. The van der Waals surface area contributed by atoms with Gasteiger partial charge in [0.15, 0.2) is 0 Å². The van der Waals surface area contributed by atoms with Crippen LogP contribution in [0.5, 0.6) is 0 Å². The summed E-state index contributed by atoms with van der Waals surface area (Å²) < 4.78 is 33.9. The van der Waals surface area contributed by atoms with Crippen LogP contribution in [0.25, 0.3) is 10.9 Å². The standard InChI is InChI=1S/C22H31N3O4S/c1-16-10-11-19(18-9-6-12-23-20(16)18)30(27,28)25-13-7-8-17(15-25)14-24(5)21(26)29-22(2,3)4/h6,9-12,17H,7-8,13-15H2,1-5H3. The van der Waals surface area contributed by atoms with Gasteiger partial charge in [0.1, 0.15) is 5.60 Å². The van der Waals surface area contributed by atoms with E-state index in [1.807, 2.05) is 27.7 Å². The van der Waals surface area contributed by atoms with Crippen LogP contribution in [-0.2, 0) is 14.8 Å². The van der Waals surface area contributed by atoms with Crippen molar-refractivity contribution >= 4 is 27.0 Å². The number of nitrogens with zero attached hydrogens (tertiary/aromatic N) is 3. The first-order valence-corrected chi connectivity index (χ1v) is 11.7. The zero-order chi connectivity index (χ0) is 22.1. The van der Waals surface area contributed by atoms with Gasteiger partial charge in [0.25, 0.3) is 0 Å². The fraction of sp³-hybridized carbons (Fsp3) is 0.545. The largest absolute Gasteiger partial charge is 0.444 e. The van der Waals surface area contributed by atoms with Crippen molar-refractivity contribution in [3.63, 3.8) is 0 Å². The Labute approximate surface area is 179 Å². The Morgan fingerprint density at radius 1 is 1.30 bits per heavy atom. The summed E-state index contributed by atoms with van der Waals surface area (Å²) in [5.74, 6) is 0.0564. The van der Waals surface area contributed by atoms with Gasteiger partial charge in [-0.15, -0.1) is 0 Å². The molecular weight excluding hydrogens is 402 g/mol. The van der Waals surface area contributed by atoms with Crippen molar-refractivity contribution < 1.29 is 17.9 Å². The molecule has 1 saturated heterocycles. The maximum Gasteiger partial charge on any atom is 0.410 e. The molecule has 0 radical (unpaired) electrons. The van der Waals surface area contributed by atoms with Crippen molar-refractivity contribution in [3.05, 3.63) is 36.0 Å². The van der Waals surface area contributed by atoms with E-state index < -0.39 is 21.7 Å². The first-order valence-electron chi connectivity index (χ1n) is 10.3. The van der Waals surface area contributed by atoms with Crippen LogP contribution in [0.4, 0.5) is 4.79 Å². The van der Waals surface area contributed by atoms with E-state index in [0.717, 1.165) is 18.4 Å². The number of benzene rings is 1. The van der Waals surface area contributed by atoms with Gasteiger partial charge < -0.3 is 9.64 Å². The minimum atomic E-state index is -3.66. The Kier molecular flexibility index (Phi) is 6.38. The molecule has 2 heterocycles. The molecule has 1 aliphatic rings. The maximum atomic E-state index is 13.5. The number of pyridine rings is 1. The van der Waals surface area contributed by atoms with Crippen LogP contribution in [0.15, 0.2) is 35.4 Å². The number of fused-ring (bicyclic) bond motifs is 1. The van der Waals surface area contributed by atoms with Crippen molar-refractivity contribution in [2.75, 3.05) is 26.7 Å². The van der Waals surface area contributed by atoms with Gasteiger partial charge in [-0.05, 0) is 70.2 Å². The van der Waals surface area contributed by atoms with E-state index in [9.17, 15) is 13.2 Å². The molecule has 0 spiro atoms. The Morgan fingerprint density at radius 3 is 2.73 bits per heavy atom. The number of ether oxygens (including phenoxy) is 1. The molecule has 7 nitrogen and oxygen atoms in total. The molecule has 0 saturated carbocycles. The third-order valence-electron chi connectivity index (χ3n) is 5.27. The predicted molar refractivity (Wildman–Crippen MR) is 117 cm³/mol. The summed E-state index contributed by atoms with van der Waals surface area (Å²) in [5, 5.41) is 0.644. The topological polar surface area (TPSA) is 79.8 Å². The normalized spacial score (nSPS) is 18.4. The van der Waals surface area contributed by atoms with Crippen LogP contribution in [0, 0.1) is 12.8 Å². The number of hydrogen-bond donors (Lipinski definition) is 0. The fourth-order valence-electron chi connectivity index (χ4n) is 3.85.